The Morgan fingerprint density at radius 2 is 2.08 bits per heavy atom. The second-order valence-electron chi connectivity index (χ2n) is 6.88. The minimum atomic E-state index is -0.0453. The van der Waals surface area contributed by atoms with E-state index in [2.05, 4.69) is 53.5 Å². The number of carbonyl (C=O) groups is 2. The number of amides is 2. The monoisotopic (exact) mass is 342 g/mol. The van der Waals surface area contributed by atoms with Crippen LogP contribution in [0.2, 0.25) is 0 Å². The van der Waals surface area contributed by atoms with Crippen LogP contribution in [0.3, 0.4) is 0 Å². The van der Waals surface area contributed by atoms with Crippen molar-refractivity contribution in [1.29, 1.82) is 0 Å². The largest absolute Gasteiger partial charge is 0.367 e. The smallest absolute Gasteiger partial charge is 0.240 e. The average molecular weight is 342 g/mol. The van der Waals surface area contributed by atoms with E-state index in [1.807, 2.05) is 4.90 Å². The van der Waals surface area contributed by atoms with Crippen LogP contribution in [0.1, 0.15) is 38.2 Å². The predicted molar refractivity (Wildman–Crippen MR) is 98.6 cm³/mol. The third-order valence-electron chi connectivity index (χ3n) is 5.01. The average Bonchev–Trinajstić information content (AvgIpc) is 2.61. The van der Waals surface area contributed by atoms with E-state index in [0.717, 1.165) is 25.3 Å². The maximum atomic E-state index is 12.6. The molecule has 1 aromatic carbocycles. The van der Waals surface area contributed by atoms with Gasteiger partial charge in [-0.3, -0.25) is 9.59 Å². The molecule has 1 atom stereocenters. The molecule has 2 heterocycles. The molecule has 0 spiro atoms. The van der Waals surface area contributed by atoms with E-state index in [0.29, 0.717) is 25.7 Å². The van der Waals surface area contributed by atoms with Crippen LogP contribution in [-0.4, -0.2) is 48.1 Å². The standard InChI is InChI=1S/C19H26N4O2/c1-14-5-3-4-6-17(14)22-11-12-23(15(2)13-22)19(25)10-8-16-7-9-18(24)21-20-16/h3-6,15H,7-13H2,1-2H3,(H,21,24). The maximum Gasteiger partial charge on any atom is 0.240 e. The Morgan fingerprint density at radius 1 is 1.28 bits per heavy atom. The Balaban J connectivity index is 1.53. The summed E-state index contributed by atoms with van der Waals surface area (Å²) in [6.45, 7) is 6.70. The molecular formula is C19H26N4O2. The highest BCUT2D eigenvalue weighted by Gasteiger charge is 2.28. The molecule has 0 radical (unpaired) electrons. The van der Waals surface area contributed by atoms with Crippen molar-refractivity contribution < 1.29 is 9.59 Å². The molecule has 1 fully saturated rings. The van der Waals surface area contributed by atoms with E-state index in [-0.39, 0.29) is 17.9 Å². The number of anilines is 1. The Kier molecular flexibility index (Phi) is 5.36. The van der Waals surface area contributed by atoms with Gasteiger partial charge in [0.25, 0.3) is 0 Å². The van der Waals surface area contributed by atoms with Gasteiger partial charge in [0.05, 0.1) is 0 Å². The van der Waals surface area contributed by atoms with Gasteiger partial charge in [0, 0.05) is 49.9 Å². The minimum absolute atomic E-state index is 0.0453. The lowest BCUT2D eigenvalue weighted by molar-refractivity contribution is -0.133. The summed E-state index contributed by atoms with van der Waals surface area (Å²) >= 11 is 0. The van der Waals surface area contributed by atoms with Crippen LogP contribution >= 0.6 is 0 Å². The van der Waals surface area contributed by atoms with Crippen LogP contribution < -0.4 is 10.3 Å². The van der Waals surface area contributed by atoms with Crippen molar-refractivity contribution in [2.24, 2.45) is 5.10 Å². The summed E-state index contributed by atoms with van der Waals surface area (Å²) in [6.07, 6.45) is 2.22. The number of piperazine rings is 1. The van der Waals surface area contributed by atoms with E-state index in [1.54, 1.807) is 0 Å². The molecule has 1 aromatic rings. The molecule has 2 aliphatic heterocycles. The van der Waals surface area contributed by atoms with Crippen LogP contribution in [-0.2, 0) is 9.59 Å². The van der Waals surface area contributed by atoms with Crippen molar-refractivity contribution in [3.63, 3.8) is 0 Å². The van der Waals surface area contributed by atoms with Gasteiger partial charge < -0.3 is 9.80 Å². The predicted octanol–water partition coefficient (Wildman–Crippen LogP) is 2.08. The van der Waals surface area contributed by atoms with Gasteiger partial charge in [-0.05, 0) is 38.3 Å². The van der Waals surface area contributed by atoms with Gasteiger partial charge in [0.1, 0.15) is 0 Å². The lowest BCUT2D eigenvalue weighted by atomic mass is 10.1. The second kappa shape index (κ2) is 7.68. The molecule has 3 rings (SSSR count). The van der Waals surface area contributed by atoms with Crippen molar-refractivity contribution in [1.82, 2.24) is 10.3 Å². The van der Waals surface area contributed by atoms with Crippen molar-refractivity contribution in [3.8, 4) is 0 Å². The molecule has 6 nitrogen and oxygen atoms in total. The first kappa shape index (κ1) is 17.5. The van der Waals surface area contributed by atoms with Gasteiger partial charge in [-0.1, -0.05) is 18.2 Å². The first-order chi connectivity index (χ1) is 12.0. The number of rotatable bonds is 4. The van der Waals surface area contributed by atoms with Gasteiger partial charge in [0.2, 0.25) is 11.8 Å². The zero-order valence-corrected chi connectivity index (χ0v) is 15.0. The first-order valence-electron chi connectivity index (χ1n) is 8.99. The summed E-state index contributed by atoms with van der Waals surface area (Å²) in [7, 11) is 0. The van der Waals surface area contributed by atoms with E-state index in [9.17, 15) is 9.59 Å². The highest BCUT2D eigenvalue weighted by molar-refractivity contribution is 5.94. The normalized spacial score (nSPS) is 21.0. The van der Waals surface area contributed by atoms with Crippen LogP contribution in [0.5, 0.6) is 0 Å². The molecule has 0 aliphatic carbocycles. The third-order valence-corrected chi connectivity index (χ3v) is 5.01. The molecule has 2 aliphatic rings. The van der Waals surface area contributed by atoms with Gasteiger partial charge in [-0.2, -0.15) is 5.10 Å². The highest BCUT2D eigenvalue weighted by Crippen LogP contribution is 2.23. The van der Waals surface area contributed by atoms with E-state index >= 15 is 0 Å². The van der Waals surface area contributed by atoms with Gasteiger partial charge in [-0.25, -0.2) is 5.43 Å². The molecule has 0 bridgehead atoms. The fraction of sp³-hybridized carbons (Fsp3) is 0.526. The topological polar surface area (TPSA) is 65.0 Å². The first-order valence-corrected chi connectivity index (χ1v) is 8.99. The van der Waals surface area contributed by atoms with E-state index < -0.39 is 0 Å². The molecule has 0 aromatic heterocycles. The van der Waals surface area contributed by atoms with Crippen LogP contribution in [0, 0.1) is 6.92 Å². The Bertz CT molecular complexity index is 686. The third kappa shape index (κ3) is 4.18. The molecule has 25 heavy (non-hydrogen) atoms. The SMILES string of the molecule is Cc1ccccc1N1CCN(C(=O)CCC2=NNC(=O)CC2)C(C)C1. The summed E-state index contributed by atoms with van der Waals surface area (Å²) in [5.74, 6) is 0.132. The number of benzene rings is 1. The highest BCUT2D eigenvalue weighted by atomic mass is 16.2. The maximum absolute atomic E-state index is 12.6. The molecule has 1 N–H and O–H groups in total. The number of nitrogens with zero attached hydrogens (tertiary/aromatic N) is 3. The number of hydrazone groups is 1. The van der Waals surface area contributed by atoms with Crippen LogP contribution in [0.25, 0.3) is 0 Å². The summed E-state index contributed by atoms with van der Waals surface area (Å²) in [5, 5.41) is 4.05. The van der Waals surface area contributed by atoms with Gasteiger partial charge >= 0.3 is 0 Å². The fourth-order valence-corrected chi connectivity index (χ4v) is 3.55. The second-order valence-corrected chi connectivity index (χ2v) is 6.88. The Labute approximate surface area is 148 Å². The molecule has 0 saturated carbocycles. The Morgan fingerprint density at radius 3 is 2.76 bits per heavy atom. The van der Waals surface area contributed by atoms with Gasteiger partial charge in [-0.15, -0.1) is 0 Å². The summed E-state index contributed by atoms with van der Waals surface area (Å²) in [6, 6.07) is 8.58. The lowest BCUT2D eigenvalue weighted by Gasteiger charge is -2.41. The quantitative estimate of drug-likeness (QED) is 0.911. The number of aryl methyl sites for hydroxylation is 1. The van der Waals surface area contributed by atoms with E-state index in [4.69, 9.17) is 0 Å². The van der Waals surface area contributed by atoms with Gasteiger partial charge in [0.15, 0.2) is 0 Å². The van der Waals surface area contributed by atoms with Crippen molar-refractivity contribution in [3.05, 3.63) is 29.8 Å². The number of para-hydroxylation sites is 1. The molecule has 134 valence electrons. The van der Waals surface area contributed by atoms with Crippen LogP contribution in [0.15, 0.2) is 29.4 Å². The zero-order chi connectivity index (χ0) is 17.8. The fourth-order valence-electron chi connectivity index (χ4n) is 3.55. The minimum Gasteiger partial charge on any atom is -0.367 e. The number of nitrogens with one attached hydrogen (secondary N) is 1. The summed E-state index contributed by atoms with van der Waals surface area (Å²) < 4.78 is 0. The van der Waals surface area contributed by atoms with Crippen LogP contribution in [0.4, 0.5) is 5.69 Å². The van der Waals surface area contributed by atoms with E-state index in [1.165, 1.54) is 11.3 Å². The number of hydrogen-bond donors (Lipinski definition) is 1. The molecule has 2 amide bonds. The summed E-state index contributed by atoms with van der Waals surface area (Å²) in [5.41, 5.74) is 5.94. The lowest BCUT2D eigenvalue weighted by Crippen LogP contribution is -2.54. The zero-order valence-electron chi connectivity index (χ0n) is 15.0. The van der Waals surface area contributed by atoms with Crippen molar-refractivity contribution in [2.45, 2.75) is 45.6 Å². The summed E-state index contributed by atoms with van der Waals surface area (Å²) in [4.78, 5) is 28.0. The molecular weight excluding hydrogens is 316 g/mol. The molecule has 1 unspecified atom stereocenters. The Hall–Kier alpha value is -2.37. The molecule has 6 heteroatoms. The van der Waals surface area contributed by atoms with Crippen molar-refractivity contribution in [2.75, 3.05) is 24.5 Å². The van der Waals surface area contributed by atoms with Crippen molar-refractivity contribution >= 4 is 23.2 Å². The number of hydrogen-bond acceptors (Lipinski definition) is 4. The molecule has 1 saturated heterocycles. The number of carbonyl (C=O) groups excluding carboxylic acids is 2.